The van der Waals surface area contributed by atoms with Gasteiger partial charge in [-0.15, -0.1) is 0 Å². The Morgan fingerprint density at radius 3 is 1.49 bits per heavy atom. The quantitative estimate of drug-likeness (QED) is 0.210. The lowest BCUT2D eigenvalue weighted by Gasteiger charge is -2.33. The molecule has 0 aromatic heterocycles. The van der Waals surface area contributed by atoms with Crippen molar-refractivity contribution < 1.29 is 49.5 Å². The number of aliphatic hydroxyl groups excluding tert-OH is 1. The molecular formula is C27H36N2O10. The zero-order chi connectivity index (χ0) is 29.2. The van der Waals surface area contributed by atoms with Gasteiger partial charge in [0.15, 0.2) is 5.78 Å². The maximum atomic E-state index is 12.5. The monoisotopic (exact) mass is 548 g/mol. The van der Waals surface area contributed by atoms with Gasteiger partial charge in [0.1, 0.15) is 0 Å². The molecule has 12 nitrogen and oxygen atoms in total. The molecule has 3 rings (SSSR count). The lowest BCUT2D eigenvalue weighted by Crippen LogP contribution is -2.48. The van der Waals surface area contributed by atoms with E-state index in [4.69, 9.17) is 25.5 Å². The smallest absolute Gasteiger partial charge is 0.328 e. The van der Waals surface area contributed by atoms with Crippen molar-refractivity contribution in [1.82, 2.24) is 9.80 Å². The molecule has 0 spiro atoms. The number of Topliss-reactive ketones (excluding diaryl/α,β-unsaturated/α-hetero) is 1. The molecule has 1 saturated carbocycles. The van der Waals surface area contributed by atoms with Gasteiger partial charge >= 0.3 is 23.9 Å². The van der Waals surface area contributed by atoms with Crippen LogP contribution in [-0.2, 0) is 19.2 Å². The van der Waals surface area contributed by atoms with Crippen molar-refractivity contribution in [3.8, 4) is 0 Å². The summed E-state index contributed by atoms with van der Waals surface area (Å²) in [7, 11) is 0. The van der Waals surface area contributed by atoms with Gasteiger partial charge in [0.05, 0.1) is 13.2 Å². The molecular weight excluding hydrogens is 512 g/mol. The van der Waals surface area contributed by atoms with Crippen LogP contribution in [0.15, 0.2) is 48.6 Å². The third-order valence-corrected chi connectivity index (χ3v) is 6.04. The molecule has 1 heterocycles. The molecule has 0 unspecified atom stereocenters. The second kappa shape index (κ2) is 18.4. The van der Waals surface area contributed by atoms with Gasteiger partial charge < -0.3 is 25.5 Å². The highest BCUT2D eigenvalue weighted by Gasteiger charge is 2.20. The zero-order valence-corrected chi connectivity index (χ0v) is 21.6. The van der Waals surface area contributed by atoms with Gasteiger partial charge in [-0.3, -0.25) is 14.6 Å². The van der Waals surface area contributed by atoms with Crippen LogP contribution in [0.3, 0.4) is 0 Å². The number of β-amino-alcohol motifs (C(OH)–C–C–N with tert-alkyl or cyclic N) is 1. The van der Waals surface area contributed by atoms with Gasteiger partial charge in [0, 0.05) is 62.6 Å². The van der Waals surface area contributed by atoms with Gasteiger partial charge in [-0.25, -0.2) is 19.2 Å². The molecule has 5 N–H and O–H groups in total. The van der Waals surface area contributed by atoms with Crippen LogP contribution in [0.25, 0.3) is 0 Å². The van der Waals surface area contributed by atoms with E-state index >= 15 is 0 Å². The number of hydrogen-bond acceptors (Lipinski definition) is 8. The van der Waals surface area contributed by atoms with Crippen LogP contribution < -0.4 is 0 Å². The van der Waals surface area contributed by atoms with Crippen molar-refractivity contribution in [2.45, 2.75) is 31.6 Å². The van der Waals surface area contributed by atoms with Crippen LogP contribution in [0.4, 0.5) is 0 Å². The van der Waals surface area contributed by atoms with Gasteiger partial charge in [-0.1, -0.05) is 37.1 Å². The molecule has 214 valence electrons. The lowest BCUT2D eigenvalue weighted by atomic mass is 9.96. The first-order valence-corrected chi connectivity index (χ1v) is 12.5. The highest BCUT2D eigenvalue weighted by Crippen LogP contribution is 2.34. The summed E-state index contributed by atoms with van der Waals surface area (Å²) in [6, 6.07) is 8.33. The fourth-order valence-electron chi connectivity index (χ4n) is 4.09. The van der Waals surface area contributed by atoms with E-state index in [1.54, 1.807) is 0 Å². The Morgan fingerprint density at radius 1 is 0.692 bits per heavy atom. The van der Waals surface area contributed by atoms with E-state index in [-0.39, 0.29) is 12.4 Å². The van der Waals surface area contributed by atoms with Crippen LogP contribution in [0.2, 0.25) is 0 Å². The van der Waals surface area contributed by atoms with Crippen LogP contribution in [0, 0.1) is 0 Å². The molecule has 12 heteroatoms. The van der Waals surface area contributed by atoms with Gasteiger partial charge in [0.25, 0.3) is 0 Å². The summed E-state index contributed by atoms with van der Waals surface area (Å²) >= 11 is 0. The van der Waals surface area contributed by atoms with Gasteiger partial charge in [-0.05, 0) is 24.3 Å². The molecule has 0 amide bonds. The standard InChI is InChI=1S/C19H28N2O2.2C4H4O4/c22-14-13-20-9-11-21(12-10-20)15-19(23)18-7-5-17(6-8-18)16-3-1-2-4-16;2*5-3(6)1-2-4(7)8/h5-8,16,22H,1-4,9-15H2;2*1-2H,(H,5,6)(H,7,8)/b;2*2-1-. The third-order valence-electron chi connectivity index (χ3n) is 6.04. The molecule has 2 fully saturated rings. The summed E-state index contributed by atoms with van der Waals surface area (Å²) in [5.74, 6) is -4.10. The molecule has 1 aromatic rings. The summed E-state index contributed by atoms with van der Waals surface area (Å²) in [6.45, 7) is 5.16. The van der Waals surface area contributed by atoms with Crippen LogP contribution in [0.1, 0.15) is 47.5 Å². The van der Waals surface area contributed by atoms with Gasteiger partial charge in [0.2, 0.25) is 0 Å². The van der Waals surface area contributed by atoms with E-state index in [9.17, 15) is 24.0 Å². The predicted octanol–water partition coefficient (Wildman–Crippen LogP) is 1.56. The average molecular weight is 549 g/mol. The number of carboxylic acids is 4. The van der Waals surface area contributed by atoms with Crippen molar-refractivity contribution in [3.05, 3.63) is 59.7 Å². The number of piperazine rings is 1. The number of carboxylic acid groups (broad SMARTS) is 4. The van der Waals surface area contributed by atoms with E-state index < -0.39 is 23.9 Å². The lowest BCUT2D eigenvalue weighted by molar-refractivity contribution is -0.134. The van der Waals surface area contributed by atoms with Crippen molar-refractivity contribution in [1.29, 1.82) is 0 Å². The van der Waals surface area contributed by atoms with E-state index in [1.165, 1.54) is 31.2 Å². The normalized spacial score (nSPS) is 16.2. The minimum Gasteiger partial charge on any atom is -0.478 e. The minimum atomic E-state index is -1.26. The highest BCUT2D eigenvalue weighted by molar-refractivity contribution is 5.97. The van der Waals surface area contributed by atoms with Crippen molar-refractivity contribution in [2.75, 3.05) is 45.9 Å². The molecule has 0 radical (unpaired) electrons. The predicted molar refractivity (Wildman–Crippen MR) is 141 cm³/mol. The first-order chi connectivity index (χ1) is 18.5. The zero-order valence-electron chi connectivity index (χ0n) is 21.6. The number of rotatable bonds is 10. The molecule has 2 aliphatic rings. The van der Waals surface area contributed by atoms with Crippen molar-refractivity contribution >= 4 is 29.7 Å². The Morgan fingerprint density at radius 2 is 1.10 bits per heavy atom. The average Bonchev–Trinajstić information content (AvgIpc) is 3.44. The van der Waals surface area contributed by atoms with Crippen molar-refractivity contribution in [3.63, 3.8) is 0 Å². The molecule has 0 atom stereocenters. The first kappa shape index (κ1) is 33.2. The first-order valence-electron chi connectivity index (χ1n) is 12.5. The largest absolute Gasteiger partial charge is 0.478 e. The summed E-state index contributed by atoms with van der Waals surface area (Å²) < 4.78 is 0. The number of carbonyl (C=O) groups excluding carboxylic acids is 1. The number of benzene rings is 1. The van der Waals surface area contributed by atoms with E-state index in [0.29, 0.717) is 36.8 Å². The number of nitrogens with zero attached hydrogens (tertiary/aromatic N) is 2. The molecule has 1 aliphatic heterocycles. The second-order valence-electron chi connectivity index (χ2n) is 8.89. The Labute approximate surface area is 226 Å². The van der Waals surface area contributed by atoms with Crippen LogP contribution >= 0.6 is 0 Å². The van der Waals surface area contributed by atoms with E-state index in [0.717, 1.165) is 38.3 Å². The van der Waals surface area contributed by atoms with Crippen molar-refractivity contribution in [2.24, 2.45) is 0 Å². The fraction of sp³-hybridized carbons (Fsp3) is 0.444. The molecule has 1 aliphatic carbocycles. The molecule has 0 bridgehead atoms. The molecule has 39 heavy (non-hydrogen) atoms. The number of aliphatic hydroxyl groups is 1. The highest BCUT2D eigenvalue weighted by atomic mass is 16.4. The van der Waals surface area contributed by atoms with Crippen LogP contribution in [-0.4, -0.2) is 111 Å². The summed E-state index contributed by atoms with van der Waals surface area (Å²) in [5.41, 5.74) is 2.24. The molecule has 1 saturated heterocycles. The summed E-state index contributed by atoms with van der Waals surface area (Å²) in [4.78, 5) is 55.1. The fourth-order valence-corrected chi connectivity index (χ4v) is 4.09. The van der Waals surface area contributed by atoms with Crippen LogP contribution in [0.5, 0.6) is 0 Å². The topological polar surface area (TPSA) is 193 Å². The summed E-state index contributed by atoms with van der Waals surface area (Å²) in [5, 5.41) is 40.2. The number of carbonyl (C=O) groups is 5. The number of ketones is 1. The van der Waals surface area contributed by atoms with E-state index in [1.807, 2.05) is 12.1 Å². The summed E-state index contributed by atoms with van der Waals surface area (Å²) in [6.07, 6.45) is 7.51. The Bertz CT molecular complexity index is 940. The Balaban J connectivity index is 0.000000393. The molecule has 1 aromatic carbocycles. The maximum absolute atomic E-state index is 12.5. The number of aliphatic carboxylic acids is 4. The maximum Gasteiger partial charge on any atom is 0.328 e. The minimum absolute atomic E-state index is 0.215. The third kappa shape index (κ3) is 15.2. The Hall–Kier alpha value is -3.87. The SMILES string of the molecule is O=C(CN1CCN(CCO)CC1)c1ccc(C2CCCC2)cc1.O=C(O)/C=C\C(=O)O.O=C(O)/C=C\C(=O)O. The van der Waals surface area contributed by atoms with E-state index in [2.05, 4.69) is 21.9 Å². The Kier molecular flexibility index (Phi) is 15.6. The van der Waals surface area contributed by atoms with Gasteiger partial charge in [-0.2, -0.15) is 0 Å². The second-order valence-corrected chi connectivity index (χ2v) is 8.89. The number of hydrogen-bond donors (Lipinski definition) is 5.